The number of rotatable bonds is 3. The van der Waals surface area contributed by atoms with E-state index in [4.69, 9.17) is 0 Å². The fourth-order valence-corrected chi connectivity index (χ4v) is 3.17. The molecule has 1 heterocycles. The molecule has 0 fully saturated rings. The van der Waals surface area contributed by atoms with Gasteiger partial charge in [0.1, 0.15) is 16.6 Å². The summed E-state index contributed by atoms with van der Waals surface area (Å²) in [5.74, 6) is -1.17. The molecule has 6 heteroatoms. The van der Waals surface area contributed by atoms with Crippen LogP contribution in [0.5, 0.6) is 0 Å². The summed E-state index contributed by atoms with van der Waals surface area (Å²) in [6, 6.07) is 9.82. The lowest BCUT2D eigenvalue weighted by molar-refractivity contribution is 0.593. The van der Waals surface area contributed by atoms with Gasteiger partial charge < -0.3 is 5.32 Å². The van der Waals surface area contributed by atoms with Crippen molar-refractivity contribution in [2.24, 2.45) is 0 Å². The third-order valence-electron chi connectivity index (χ3n) is 2.76. The van der Waals surface area contributed by atoms with Crippen LogP contribution in [0.2, 0.25) is 0 Å². The van der Waals surface area contributed by atoms with Crippen LogP contribution in [0.25, 0.3) is 10.2 Å². The second-order valence-electron chi connectivity index (χ2n) is 4.18. The number of nitrogens with one attached hydrogen (secondary N) is 1. The van der Waals surface area contributed by atoms with Crippen molar-refractivity contribution in [3.63, 3.8) is 0 Å². The van der Waals surface area contributed by atoms with Crippen molar-refractivity contribution >= 4 is 43.2 Å². The smallest absolute Gasteiger partial charge is 0.145 e. The molecule has 1 aromatic heterocycles. The lowest BCUT2D eigenvalue weighted by Crippen LogP contribution is -1.99. The number of fused-ring (bicyclic) bond motifs is 1. The van der Waals surface area contributed by atoms with Gasteiger partial charge in [-0.05, 0) is 28.1 Å². The molecule has 0 bridgehead atoms. The molecule has 2 nitrogen and oxygen atoms in total. The van der Waals surface area contributed by atoms with E-state index in [1.54, 1.807) is 0 Å². The van der Waals surface area contributed by atoms with Crippen molar-refractivity contribution < 1.29 is 8.78 Å². The van der Waals surface area contributed by atoms with Gasteiger partial charge in [-0.2, -0.15) is 0 Å². The predicted molar refractivity (Wildman–Crippen MR) is 81.0 cm³/mol. The maximum atomic E-state index is 13.6. The SMILES string of the molecule is Fc1cc(F)c2sc(CNc3ccccc3Br)nc2c1. The zero-order valence-electron chi connectivity index (χ0n) is 10.2. The van der Waals surface area contributed by atoms with Gasteiger partial charge in [0.25, 0.3) is 0 Å². The summed E-state index contributed by atoms with van der Waals surface area (Å²) in [4.78, 5) is 4.24. The van der Waals surface area contributed by atoms with Crippen molar-refractivity contribution in [1.82, 2.24) is 4.98 Å². The van der Waals surface area contributed by atoms with Crippen LogP contribution in [0, 0.1) is 11.6 Å². The van der Waals surface area contributed by atoms with E-state index in [0.717, 1.165) is 16.2 Å². The summed E-state index contributed by atoms with van der Waals surface area (Å²) < 4.78 is 28.0. The van der Waals surface area contributed by atoms with Gasteiger partial charge in [-0.15, -0.1) is 11.3 Å². The highest BCUT2D eigenvalue weighted by Crippen LogP contribution is 2.27. The Bertz CT molecular complexity index is 773. The highest BCUT2D eigenvalue weighted by molar-refractivity contribution is 9.10. The number of hydrogen-bond donors (Lipinski definition) is 1. The molecule has 0 unspecified atom stereocenters. The Labute approximate surface area is 126 Å². The Morgan fingerprint density at radius 1 is 1.20 bits per heavy atom. The normalized spacial score (nSPS) is 10.9. The highest BCUT2D eigenvalue weighted by atomic mass is 79.9. The van der Waals surface area contributed by atoms with E-state index in [9.17, 15) is 8.78 Å². The minimum Gasteiger partial charge on any atom is -0.378 e. The molecule has 0 aliphatic heterocycles. The van der Waals surface area contributed by atoms with E-state index in [0.29, 0.717) is 21.8 Å². The highest BCUT2D eigenvalue weighted by Gasteiger charge is 2.10. The summed E-state index contributed by atoms with van der Waals surface area (Å²) in [6.07, 6.45) is 0. The van der Waals surface area contributed by atoms with Gasteiger partial charge >= 0.3 is 0 Å². The summed E-state index contributed by atoms with van der Waals surface area (Å²) >= 11 is 4.66. The Morgan fingerprint density at radius 3 is 2.80 bits per heavy atom. The first-order valence-electron chi connectivity index (χ1n) is 5.86. The Hall–Kier alpha value is -1.53. The van der Waals surface area contributed by atoms with Gasteiger partial charge in [-0.25, -0.2) is 13.8 Å². The molecule has 0 atom stereocenters. The van der Waals surface area contributed by atoms with E-state index < -0.39 is 11.6 Å². The Morgan fingerprint density at radius 2 is 2.00 bits per heavy atom. The zero-order chi connectivity index (χ0) is 14.1. The lowest BCUT2D eigenvalue weighted by Gasteiger charge is -2.05. The molecule has 2 aromatic carbocycles. The average Bonchev–Trinajstić information content (AvgIpc) is 2.81. The predicted octanol–water partition coefficient (Wildman–Crippen LogP) is 4.95. The molecule has 3 rings (SSSR count). The Kier molecular flexibility index (Phi) is 3.67. The van der Waals surface area contributed by atoms with E-state index in [1.807, 2.05) is 24.3 Å². The van der Waals surface area contributed by atoms with Gasteiger partial charge in [-0.1, -0.05) is 12.1 Å². The van der Waals surface area contributed by atoms with Crippen LogP contribution >= 0.6 is 27.3 Å². The first-order chi connectivity index (χ1) is 9.63. The molecule has 1 N–H and O–H groups in total. The number of hydrogen-bond acceptors (Lipinski definition) is 3. The van der Waals surface area contributed by atoms with Gasteiger partial charge in [-0.3, -0.25) is 0 Å². The molecule has 20 heavy (non-hydrogen) atoms. The van der Waals surface area contributed by atoms with Gasteiger partial charge in [0.05, 0.1) is 16.8 Å². The minimum absolute atomic E-state index is 0.358. The topological polar surface area (TPSA) is 24.9 Å². The maximum absolute atomic E-state index is 13.6. The maximum Gasteiger partial charge on any atom is 0.145 e. The number of nitrogens with zero attached hydrogens (tertiary/aromatic N) is 1. The third-order valence-corrected chi connectivity index (χ3v) is 4.53. The van der Waals surface area contributed by atoms with Crippen LogP contribution in [-0.2, 0) is 6.54 Å². The lowest BCUT2D eigenvalue weighted by atomic mass is 10.3. The number of aromatic nitrogens is 1. The fourth-order valence-electron chi connectivity index (χ4n) is 1.86. The average molecular weight is 355 g/mol. The molecule has 102 valence electrons. The second kappa shape index (κ2) is 5.46. The number of para-hydroxylation sites is 1. The molecule has 0 aliphatic rings. The number of halogens is 3. The molecule has 0 amide bonds. The molecular weight excluding hydrogens is 346 g/mol. The fraction of sp³-hybridized carbons (Fsp3) is 0.0714. The van der Waals surface area contributed by atoms with Crippen molar-refractivity contribution in [2.45, 2.75) is 6.54 Å². The summed E-state index contributed by atoms with van der Waals surface area (Å²) in [5, 5.41) is 3.92. The zero-order valence-corrected chi connectivity index (χ0v) is 12.6. The van der Waals surface area contributed by atoms with E-state index in [2.05, 4.69) is 26.2 Å². The number of benzene rings is 2. The molecule has 0 saturated heterocycles. The van der Waals surface area contributed by atoms with Crippen molar-refractivity contribution in [2.75, 3.05) is 5.32 Å². The Balaban J connectivity index is 1.85. The van der Waals surface area contributed by atoms with Gasteiger partial charge in [0.2, 0.25) is 0 Å². The van der Waals surface area contributed by atoms with Crippen LogP contribution < -0.4 is 5.32 Å². The van der Waals surface area contributed by atoms with E-state index >= 15 is 0 Å². The number of anilines is 1. The van der Waals surface area contributed by atoms with Crippen LogP contribution in [-0.4, -0.2) is 4.98 Å². The first-order valence-corrected chi connectivity index (χ1v) is 7.47. The standard InChI is InChI=1S/C14H9BrF2N2S/c15-9-3-1-2-4-11(9)18-7-13-19-12-6-8(16)5-10(17)14(12)20-13/h1-6,18H,7H2. The van der Waals surface area contributed by atoms with Crippen LogP contribution in [0.1, 0.15) is 5.01 Å². The first kappa shape index (κ1) is 13.5. The number of thiazole rings is 1. The van der Waals surface area contributed by atoms with Crippen LogP contribution in [0.3, 0.4) is 0 Å². The quantitative estimate of drug-likeness (QED) is 0.719. The molecule has 0 spiro atoms. The van der Waals surface area contributed by atoms with Gasteiger partial charge in [0.15, 0.2) is 0 Å². The van der Waals surface area contributed by atoms with Crippen LogP contribution in [0.15, 0.2) is 40.9 Å². The largest absolute Gasteiger partial charge is 0.378 e. The van der Waals surface area contributed by atoms with Crippen LogP contribution in [0.4, 0.5) is 14.5 Å². The van der Waals surface area contributed by atoms with Gasteiger partial charge in [0, 0.05) is 22.3 Å². The summed E-state index contributed by atoms with van der Waals surface area (Å²) in [5.41, 5.74) is 1.29. The molecule has 0 aliphatic carbocycles. The monoisotopic (exact) mass is 354 g/mol. The summed E-state index contributed by atoms with van der Waals surface area (Å²) in [7, 11) is 0. The van der Waals surface area contributed by atoms with Crippen molar-refractivity contribution in [1.29, 1.82) is 0 Å². The molecule has 3 aromatic rings. The van der Waals surface area contributed by atoms with E-state index in [1.165, 1.54) is 17.4 Å². The van der Waals surface area contributed by atoms with Crippen molar-refractivity contribution in [3.8, 4) is 0 Å². The summed E-state index contributed by atoms with van der Waals surface area (Å²) in [6.45, 7) is 0.461. The minimum atomic E-state index is -0.606. The molecule has 0 saturated carbocycles. The van der Waals surface area contributed by atoms with E-state index in [-0.39, 0.29) is 0 Å². The third kappa shape index (κ3) is 2.66. The molecule has 0 radical (unpaired) electrons. The van der Waals surface area contributed by atoms with Crippen molar-refractivity contribution in [3.05, 3.63) is 57.5 Å². The second-order valence-corrected chi connectivity index (χ2v) is 6.11. The molecular formula is C14H9BrF2N2S.